The molecule has 1 fully saturated rings. The molecule has 1 heterocycles. The van der Waals surface area contributed by atoms with Crippen molar-refractivity contribution in [3.8, 4) is 0 Å². The SMILES string of the molecule is Cl.Cl.NC1CCC(NC(=O)c2cccc(NC(=O)c3ccc4nc[nH]c4c3)c2)CC1. The first-order valence-electron chi connectivity index (χ1n) is 9.49. The number of fused-ring (bicyclic) bond motifs is 1. The summed E-state index contributed by atoms with van der Waals surface area (Å²) >= 11 is 0. The molecular weight excluding hydrogens is 425 g/mol. The molecule has 3 aromatic rings. The van der Waals surface area contributed by atoms with Crippen molar-refractivity contribution in [3.05, 3.63) is 59.9 Å². The Morgan fingerprint density at radius 2 is 1.70 bits per heavy atom. The van der Waals surface area contributed by atoms with Gasteiger partial charge in [0.15, 0.2) is 0 Å². The highest BCUT2D eigenvalue weighted by atomic mass is 35.5. The number of carbonyl (C=O) groups is 2. The molecule has 0 atom stereocenters. The molecule has 2 aromatic carbocycles. The van der Waals surface area contributed by atoms with Gasteiger partial charge in [0, 0.05) is 28.9 Å². The number of halogens is 2. The van der Waals surface area contributed by atoms with Gasteiger partial charge in [-0.05, 0) is 62.1 Å². The Morgan fingerprint density at radius 1 is 0.967 bits per heavy atom. The summed E-state index contributed by atoms with van der Waals surface area (Å²) in [6.45, 7) is 0. The number of carbonyl (C=O) groups excluding carboxylic acids is 2. The van der Waals surface area contributed by atoms with Crippen LogP contribution in [0.2, 0.25) is 0 Å². The van der Waals surface area contributed by atoms with Crippen LogP contribution in [0.25, 0.3) is 11.0 Å². The Bertz CT molecular complexity index is 1020. The second kappa shape index (κ2) is 10.4. The zero-order chi connectivity index (χ0) is 19.5. The molecule has 1 saturated carbocycles. The third-order valence-corrected chi connectivity index (χ3v) is 5.17. The highest BCUT2D eigenvalue weighted by Crippen LogP contribution is 2.19. The van der Waals surface area contributed by atoms with Crippen LogP contribution in [0, 0.1) is 0 Å². The fourth-order valence-electron chi connectivity index (χ4n) is 3.55. The summed E-state index contributed by atoms with van der Waals surface area (Å²) in [5.74, 6) is -0.370. The Labute approximate surface area is 187 Å². The van der Waals surface area contributed by atoms with Crippen LogP contribution in [0.15, 0.2) is 48.8 Å². The molecule has 1 aromatic heterocycles. The summed E-state index contributed by atoms with van der Waals surface area (Å²) in [6.07, 6.45) is 5.26. The molecule has 30 heavy (non-hydrogen) atoms. The van der Waals surface area contributed by atoms with E-state index in [0.717, 1.165) is 36.7 Å². The largest absolute Gasteiger partial charge is 0.349 e. The van der Waals surface area contributed by atoms with Crippen LogP contribution in [-0.2, 0) is 0 Å². The predicted octanol–water partition coefficient (Wildman–Crippen LogP) is 3.66. The Kier molecular flexibility index (Phi) is 8.23. The molecule has 0 bridgehead atoms. The van der Waals surface area contributed by atoms with Crippen LogP contribution in [0.5, 0.6) is 0 Å². The number of imidazole rings is 1. The van der Waals surface area contributed by atoms with Crippen molar-refractivity contribution in [1.29, 1.82) is 0 Å². The Hall–Kier alpha value is -2.61. The molecular formula is C21H25Cl2N5O2. The molecule has 0 unspecified atom stereocenters. The van der Waals surface area contributed by atoms with Crippen LogP contribution in [0.4, 0.5) is 5.69 Å². The lowest BCUT2D eigenvalue weighted by Crippen LogP contribution is -2.40. The number of aromatic amines is 1. The van der Waals surface area contributed by atoms with E-state index in [2.05, 4.69) is 20.6 Å². The third kappa shape index (κ3) is 5.50. The number of anilines is 1. The van der Waals surface area contributed by atoms with Crippen LogP contribution in [0.3, 0.4) is 0 Å². The van der Waals surface area contributed by atoms with Crippen LogP contribution in [0.1, 0.15) is 46.4 Å². The first-order chi connectivity index (χ1) is 13.6. The van der Waals surface area contributed by atoms with E-state index in [1.54, 1.807) is 48.8 Å². The van der Waals surface area contributed by atoms with Gasteiger partial charge in [-0.25, -0.2) is 4.98 Å². The number of benzene rings is 2. The Morgan fingerprint density at radius 3 is 2.47 bits per heavy atom. The van der Waals surface area contributed by atoms with Crippen molar-refractivity contribution in [2.75, 3.05) is 5.32 Å². The second-order valence-electron chi connectivity index (χ2n) is 7.25. The number of amides is 2. The van der Waals surface area contributed by atoms with Gasteiger partial charge in [-0.2, -0.15) is 0 Å². The number of rotatable bonds is 4. The van der Waals surface area contributed by atoms with Crippen molar-refractivity contribution in [2.45, 2.75) is 37.8 Å². The third-order valence-electron chi connectivity index (χ3n) is 5.17. The van der Waals surface area contributed by atoms with Crippen molar-refractivity contribution in [1.82, 2.24) is 15.3 Å². The maximum absolute atomic E-state index is 12.6. The lowest BCUT2D eigenvalue weighted by molar-refractivity contribution is 0.0925. The van der Waals surface area contributed by atoms with E-state index in [0.29, 0.717) is 16.8 Å². The van der Waals surface area contributed by atoms with E-state index in [9.17, 15) is 9.59 Å². The number of hydrogen-bond donors (Lipinski definition) is 4. The minimum Gasteiger partial charge on any atom is -0.349 e. The van der Waals surface area contributed by atoms with Gasteiger partial charge in [-0.15, -0.1) is 24.8 Å². The summed E-state index contributed by atoms with van der Waals surface area (Å²) in [5, 5.41) is 5.92. The number of hydrogen-bond acceptors (Lipinski definition) is 4. The van der Waals surface area contributed by atoms with Gasteiger partial charge in [-0.1, -0.05) is 6.07 Å². The zero-order valence-corrected chi connectivity index (χ0v) is 17.9. The number of H-pyrrole nitrogens is 1. The summed E-state index contributed by atoms with van der Waals surface area (Å²) in [4.78, 5) is 32.2. The minimum absolute atomic E-state index is 0. The maximum Gasteiger partial charge on any atom is 0.255 e. The molecule has 1 aliphatic rings. The van der Waals surface area contributed by atoms with E-state index < -0.39 is 0 Å². The van der Waals surface area contributed by atoms with Crippen molar-refractivity contribution < 1.29 is 9.59 Å². The first-order valence-corrected chi connectivity index (χ1v) is 9.49. The molecule has 0 aliphatic heterocycles. The lowest BCUT2D eigenvalue weighted by Gasteiger charge is -2.26. The van der Waals surface area contributed by atoms with Gasteiger partial charge < -0.3 is 21.4 Å². The summed E-state index contributed by atoms with van der Waals surface area (Å²) < 4.78 is 0. The molecule has 0 radical (unpaired) electrons. The first kappa shape index (κ1) is 23.7. The van der Waals surface area contributed by atoms with Crippen LogP contribution < -0.4 is 16.4 Å². The standard InChI is InChI=1S/C21H23N5O2.2ClH/c22-15-5-7-16(8-6-15)25-20(27)13-2-1-3-17(10-13)26-21(28)14-4-9-18-19(11-14)24-12-23-18;;/h1-4,9-12,15-16H,5-8,22H2,(H,23,24)(H,25,27)(H,26,28);2*1H. The summed E-state index contributed by atoms with van der Waals surface area (Å²) in [5.41, 5.74) is 9.14. The number of nitrogens with two attached hydrogens (primary N) is 1. The van der Waals surface area contributed by atoms with Gasteiger partial charge in [-0.3, -0.25) is 9.59 Å². The Balaban J connectivity index is 0.00000160. The maximum atomic E-state index is 12.6. The molecule has 4 rings (SSSR count). The monoisotopic (exact) mass is 449 g/mol. The van der Waals surface area contributed by atoms with Crippen LogP contribution >= 0.6 is 24.8 Å². The van der Waals surface area contributed by atoms with Gasteiger partial charge in [0.05, 0.1) is 17.4 Å². The predicted molar refractivity (Wildman–Crippen MR) is 123 cm³/mol. The molecule has 160 valence electrons. The smallest absolute Gasteiger partial charge is 0.255 e. The molecule has 5 N–H and O–H groups in total. The second-order valence-corrected chi connectivity index (χ2v) is 7.25. The fraction of sp³-hybridized carbons (Fsp3) is 0.286. The van der Waals surface area contributed by atoms with Crippen molar-refractivity contribution in [2.24, 2.45) is 5.73 Å². The van der Waals surface area contributed by atoms with E-state index in [4.69, 9.17) is 5.73 Å². The fourth-order valence-corrected chi connectivity index (χ4v) is 3.55. The molecule has 1 aliphatic carbocycles. The number of nitrogens with zero attached hydrogens (tertiary/aromatic N) is 1. The average molecular weight is 450 g/mol. The lowest BCUT2D eigenvalue weighted by atomic mass is 9.91. The normalized spacial score (nSPS) is 18.0. The quantitative estimate of drug-likeness (QED) is 0.486. The highest BCUT2D eigenvalue weighted by Gasteiger charge is 2.20. The van der Waals surface area contributed by atoms with Crippen molar-refractivity contribution >= 4 is 53.3 Å². The zero-order valence-electron chi connectivity index (χ0n) is 16.3. The topological polar surface area (TPSA) is 113 Å². The van der Waals surface area contributed by atoms with Gasteiger partial charge in [0.2, 0.25) is 0 Å². The van der Waals surface area contributed by atoms with E-state index in [1.165, 1.54) is 0 Å². The van der Waals surface area contributed by atoms with Gasteiger partial charge in [0.1, 0.15) is 0 Å². The average Bonchev–Trinajstić information content (AvgIpc) is 3.18. The van der Waals surface area contributed by atoms with Crippen molar-refractivity contribution in [3.63, 3.8) is 0 Å². The summed E-state index contributed by atoms with van der Waals surface area (Å²) in [6, 6.07) is 12.6. The van der Waals surface area contributed by atoms with E-state index >= 15 is 0 Å². The molecule has 7 nitrogen and oxygen atoms in total. The minimum atomic E-state index is -0.240. The van der Waals surface area contributed by atoms with Gasteiger partial charge in [0.25, 0.3) is 11.8 Å². The van der Waals surface area contributed by atoms with E-state index in [-0.39, 0.29) is 48.7 Å². The number of aromatic nitrogens is 2. The van der Waals surface area contributed by atoms with Crippen LogP contribution in [-0.4, -0.2) is 33.9 Å². The number of nitrogens with one attached hydrogen (secondary N) is 3. The highest BCUT2D eigenvalue weighted by molar-refractivity contribution is 6.06. The van der Waals surface area contributed by atoms with Gasteiger partial charge >= 0.3 is 0 Å². The molecule has 2 amide bonds. The summed E-state index contributed by atoms with van der Waals surface area (Å²) in [7, 11) is 0. The molecule has 0 saturated heterocycles. The van der Waals surface area contributed by atoms with E-state index in [1.807, 2.05) is 0 Å². The molecule has 0 spiro atoms. The molecule has 9 heteroatoms.